The van der Waals surface area contributed by atoms with Gasteiger partial charge in [0, 0.05) is 6.04 Å². The molecule has 0 amide bonds. The highest BCUT2D eigenvalue weighted by Crippen LogP contribution is 2.37. The first-order valence-electron chi connectivity index (χ1n) is 6.90. The largest absolute Gasteiger partial charge is 0.310 e. The Bertz CT molecular complexity index is 386. The first-order chi connectivity index (χ1) is 8.72. The minimum Gasteiger partial charge on any atom is -0.310 e. The van der Waals surface area contributed by atoms with E-state index in [-0.39, 0.29) is 0 Å². The average molecular weight is 286 g/mol. The summed E-state index contributed by atoms with van der Waals surface area (Å²) in [5.74, 6) is 0.744. The Morgan fingerprint density at radius 1 is 1.22 bits per heavy atom. The average Bonchev–Trinajstić information content (AvgIpc) is 2.88. The molecule has 1 N–H and O–H groups in total. The second-order valence-electron chi connectivity index (χ2n) is 5.15. The number of benzene rings is 1. The first kappa shape index (κ1) is 14.2. The smallest absolute Gasteiger partial charge is 0.0595 e. The number of halogens is 2. The fourth-order valence-corrected chi connectivity index (χ4v) is 3.16. The SMILES string of the molecule is CCCNC(c1ccc(Cl)c(Cl)c1)C1CCCC1. The summed E-state index contributed by atoms with van der Waals surface area (Å²) in [5, 5.41) is 4.97. The molecule has 1 fully saturated rings. The van der Waals surface area contributed by atoms with Crippen LogP contribution in [0.15, 0.2) is 18.2 Å². The Morgan fingerprint density at radius 2 is 1.94 bits per heavy atom. The zero-order chi connectivity index (χ0) is 13.0. The summed E-state index contributed by atoms with van der Waals surface area (Å²) in [6.45, 7) is 3.26. The van der Waals surface area contributed by atoms with E-state index in [1.165, 1.54) is 31.2 Å². The Labute approximate surface area is 120 Å². The van der Waals surface area contributed by atoms with E-state index in [0.29, 0.717) is 16.1 Å². The van der Waals surface area contributed by atoms with E-state index < -0.39 is 0 Å². The van der Waals surface area contributed by atoms with E-state index in [4.69, 9.17) is 23.2 Å². The van der Waals surface area contributed by atoms with E-state index in [1.807, 2.05) is 12.1 Å². The summed E-state index contributed by atoms with van der Waals surface area (Å²) >= 11 is 12.1. The van der Waals surface area contributed by atoms with Gasteiger partial charge < -0.3 is 5.32 Å². The van der Waals surface area contributed by atoms with Gasteiger partial charge in [-0.05, 0) is 49.4 Å². The molecule has 0 radical (unpaired) electrons. The van der Waals surface area contributed by atoms with E-state index in [2.05, 4.69) is 18.3 Å². The second-order valence-corrected chi connectivity index (χ2v) is 5.96. The monoisotopic (exact) mass is 285 g/mol. The van der Waals surface area contributed by atoms with Gasteiger partial charge in [-0.2, -0.15) is 0 Å². The first-order valence-corrected chi connectivity index (χ1v) is 7.66. The Hall–Kier alpha value is -0.240. The van der Waals surface area contributed by atoms with Crippen LogP contribution in [-0.4, -0.2) is 6.54 Å². The molecule has 1 aromatic rings. The van der Waals surface area contributed by atoms with Gasteiger partial charge in [0.05, 0.1) is 10.0 Å². The van der Waals surface area contributed by atoms with Crippen LogP contribution in [0.4, 0.5) is 0 Å². The van der Waals surface area contributed by atoms with Gasteiger partial charge in [-0.25, -0.2) is 0 Å². The van der Waals surface area contributed by atoms with Crippen LogP contribution in [-0.2, 0) is 0 Å². The quantitative estimate of drug-likeness (QED) is 0.782. The second kappa shape index (κ2) is 6.79. The molecule has 0 aromatic heterocycles. The molecule has 18 heavy (non-hydrogen) atoms. The minimum absolute atomic E-state index is 0.433. The van der Waals surface area contributed by atoms with Crippen molar-refractivity contribution < 1.29 is 0 Å². The third-order valence-corrected chi connectivity index (χ3v) is 4.53. The zero-order valence-corrected chi connectivity index (χ0v) is 12.4. The van der Waals surface area contributed by atoms with Crippen molar-refractivity contribution in [1.82, 2.24) is 5.32 Å². The number of nitrogens with one attached hydrogen (secondary N) is 1. The molecular formula is C15H21Cl2N. The summed E-state index contributed by atoms with van der Waals surface area (Å²) in [6, 6.07) is 6.48. The Morgan fingerprint density at radius 3 is 2.56 bits per heavy atom. The molecule has 1 saturated carbocycles. The van der Waals surface area contributed by atoms with Gasteiger partial charge in [0.1, 0.15) is 0 Å². The number of rotatable bonds is 5. The Kier molecular flexibility index (Phi) is 5.35. The molecule has 1 unspecified atom stereocenters. The third kappa shape index (κ3) is 3.40. The fraction of sp³-hybridized carbons (Fsp3) is 0.600. The van der Waals surface area contributed by atoms with Crippen molar-refractivity contribution >= 4 is 23.2 Å². The molecule has 1 aromatic carbocycles. The van der Waals surface area contributed by atoms with Crippen LogP contribution < -0.4 is 5.32 Å². The molecule has 0 bridgehead atoms. The van der Waals surface area contributed by atoms with Gasteiger partial charge in [-0.1, -0.05) is 49.0 Å². The molecule has 1 nitrogen and oxygen atoms in total. The molecular weight excluding hydrogens is 265 g/mol. The van der Waals surface area contributed by atoms with Crippen molar-refractivity contribution in [2.24, 2.45) is 5.92 Å². The van der Waals surface area contributed by atoms with Crippen LogP contribution in [0.2, 0.25) is 10.0 Å². The lowest BCUT2D eigenvalue weighted by Crippen LogP contribution is -2.27. The summed E-state index contributed by atoms with van der Waals surface area (Å²) in [5.41, 5.74) is 1.28. The van der Waals surface area contributed by atoms with Crippen LogP contribution in [0.25, 0.3) is 0 Å². The molecule has 1 aliphatic rings. The summed E-state index contributed by atoms with van der Waals surface area (Å²) in [7, 11) is 0. The molecule has 1 atom stereocenters. The highest BCUT2D eigenvalue weighted by Gasteiger charge is 2.26. The fourth-order valence-electron chi connectivity index (χ4n) is 2.85. The lowest BCUT2D eigenvalue weighted by Gasteiger charge is -2.25. The van der Waals surface area contributed by atoms with Gasteiger partial charge in [0.2, 0.25) is 0 Å². The van der Waals surface area contributed by atoms with Crippen molar-refractivity contribution in [3.63, 3.8) is 0 Å². The molecule has 1 aliphatic carbocycles. The highest BCUT2D eigenvalue weighted by atomic mass is 35.5. The maximum atomic E-state index is 6.14. The van der Waals surface area contributed by atoms with Gasteiger partial charge >= 0.3 is 0 Å². The van der Waals surface area contributed by atoms with Crippen molar-refractivity contribution in [1.29, 1.82) is 0 Å². The third-order valence-electron chi connectivity index (χ3n) is 3.79. The van der Waals surface area contributed by atoms with E-state index in [9.17, 15) is 0 Å². The van der Waals surface area contributed by atoms with Gasteiger partial charge in [0.25, 0.3) is 0 Å². The minimum atomic E-state index is 0.433. The Balaban J connectivity index is 2.17. The van der Waals surface area contributed by atoms with E-state index >= 15 is 0 Å². The summed E-state index contributed by atoms with van der Waals surface area (Å²) < 4.78 is 0. The summed E-state index contributed by atoms with van der Waals surface area (Å²) in [6.07, 6.45) is 6.51. The topological polar surface area (TPSA) is 12.0 Å². The standard InChI is InChI=1S/C15H21Cl2N/c1-2-9-18-15(11-5-3-4-6-11)12-7-8-13(16)14(17)10-12/h7-8,10-11,15,18H,2-6,9H2,1H3. The molecule has 0 spiro atoms. The van der Waals surface area contributed by atoms with Gasteiger partial charge in [0.15, 0.2) is 0 Å². The lowest BCUT2D eigenvalue weighted by molar-refractivity contribution is 0.368. The van der Waals surface area contributed by atoms with Crippen LogP contribution in [0.5, 0.6) is 0 Å². The number of hydrogen-bond acceptors (Lipinski definition) is 1. The maximum absolute atomic E-state index is 6.14. The molecule has 0 saturated heterocycles. The van der Waals surface area contributed by atoms with Crippen LogP contribution in [0.3, 0.4) is 0 Å². The molecule has 3 heteroatoms. The number of hydrogen-bond donors (Lipinski definition) is 1. The van der Waals surface area contributed by atoms with Crippen LogP contribution in [0, 0.1) is 5.92 Å². The van der Waals surface area contributed by atoms with Gasteiger partial charge in [-0.3, -0.25) is 0 Å². The van der Waals surface area contributed by atoms with E-state index in [1.54, 1.807) is 0 Å². The zero-order valence-electron chi connectivity index (χ0n) is 10.9. The molecule has 0 aliphatic heterocycles. The molecule has 100 valence electrons. The highest BCUT2D eigenvalue weighted by molar-refractivity contribution is 6.42. The molecule has 2 rings (SSSR count). The summed E-state index contributed by atoms with van der Waals surface area (Å²) in [4.78, 5) is 0. The van der Waals surface area contributed by atoms with Crippen LogP contribution >= 0.6 is 23.2 Å². The predicted octanol–water partition coefficient (Wildman–Crippen LogP) is 5.22. The normalized spacial score (nSPS) is 18.2. The maximum Gasteiger partial charge on any atom is 0.0595 e. The lowest BCUT2D eigenvalue weighted by atomic mass is 9.91. The predicted molar refractivity (Wildman–Crippen MR) is 79.5 cm³/mol. The van der Waals surface area contributed by atoms with Gasteiger partial charge in [-0.15, -0.1) is 0 Å². The van der Waals surface area contributed by atoms with Crippen molar-refractivity contribution in [3.8, 4) is 0 Å². The molecule has 0 heterocycles. The van der Waals surface area contributed by atoms with E-state index in [0.717, 1.165) is 18.9 Å². The van der Waals surface area contributed by atoms with Crippen molar-refractivity contribution in [3.05, 3.63) is 33.8 Å². The van der Waals surface area contributed by atoms with Crippen LogP contribution in [0.1, 0.15) is 50.6 Å². The van der Waals surface area contributed by atoms with Crippen molar-refractivity contribution in [2.75, 3.05) is 6.54 Å². The van der Waals surface area contributed by atoms with Crippen molar-refractivity contribution in [2.45, 2.75) is 45.1 Å².